The average Bonchev–Trinajstić information content (AvgIpc) is 2.12. The van der Waals surface area contributed by atoms with Crippen LogP contribution in [0.2, 0.25) is 0 Å². The zero-order chi connectivity index (χ0) is 9.97. The number of benzene rings is 1. The van der Waals surface area contributed by atoms with Crippen molar-refractivity contribution in [2.24, 2.45) is 0 Å². The molecule has 0 spiro atoms. The molecular formula is C11H12O3. The van der Waals surface area contributed by atoms with Crippen LogP contribution in [0.15, 0.2) is 24.3 Å². The first-order valence-electron chi connectivity index (χ1n) is 4.61. The van der Waals surface area contributed by atoms with Crippen LogP contribution in [0, 0.1) is 0 Å². The molecule has 1 heterocycles. The van der Waals surface area contributed by atoms with Gasteiger partial charge in [-0.3, -0.25) is 4.79 Å². The lowest BCUT2D eigenvalue weighted by molar-refractivity contribution is -0.0796. The Kier molecular flexibility index (Phi) is 2.50. The van der Waals surface area contributed by atoms with Crippen LogP contribution in [-0.4, -0.2) is 25.1 Å². The summed E-state index contributed by atoms with van der Waals surface area (Å²) in [6, 6.07) is 7.18. The van der Waals surface area contributed by atoms with Crippen LogP contribution in [0.5, 0.6) is 5.75 Å². The van der Waals surface area contributed by atoms with Gasteiger partial charge in [0, 0.05) is 5.56 Å². The number of Topliss-reactive ketones (excluding diaryl/α,β-unsaturated/α-hetero) is 1. The van der Waals surface area contributed by atoms with Gasteiger partial charge in [-0.25, -0.2) is 0 Å². The van der Waals surface area contributed by atoms with Crippen LogP contribution < -0.4 is 4.74 Å². The van der Waals surface area contributed by atoms with E-state index in [0.29, 0.717) is 18.8 Å². The highest BCUT2D eigenvalue weighted by atomic mass is 16.6. The second-order valence-corrected chi connectivity index (χ2v) is 3.36. The standard InChI is InChI=1S/C11H12O3/c1-8(12)9-2-4-10(5-3-9)14-11-6-13-7-11/h2-5,11H,6-7H2,1H3. The molecule has 0 atom stereocenters. The minimum Gasteiger partial charge on any atom is -0.486 e. The van der Waals surface area contributed by atoms with Crippen molar-refractivity contribution in [3.05, 3.63) is 29.8 Å². The highest BCUT2D eigenvalue weighted by molar-refractivity contribution is 5.94. The molecule has 3 heteroatoms. The first kappa shape index (κ1) is 9.21. The molecule has 1 aliphatic rings. The van der Waals surface area contributed by atoms with Gasteiger partial charge in [-0.05, 0) is 31.2 Å². The molecule has 0 aliphatic carbocycles. The lowest BCUT2D eigenvalue weighted by Crippen LogP contribution is -2.38. The number of hydrogen-bond acceptors (Lipinski definition) is 3. The summed E-state index contributed by atoms with van der Waals surface area (Å²) in [5.74, 6) is 0.867. The van der Waals surface area contributed by atoms with Gasteiger partial charge in [0.25, 0.3) is 0 Å². The SMILES string of the molecule is CC(=O)c1ccc(OC2COC2)cc1. The van der Waals surface area contributed by atoms with E-state index in [1.165, 1.54) is 0 Å². The Bertz CT molecular complexity index is 325. The first-order chi connectivity index (χ1) is 6.75. The van der Waals surface area contributed by atoms with Gasteiger partial charge in [0.1, 0.15) is 11.9 Å². The second-order valence-electron chi connectivity index (χ2n) is 3.36. The monoisotopic (exact) mass is 192 g/mol. The predicted octanol–water partition coefficient (Wildman–Crippen LogP) is 1.67. The third kappa shape index (κ3) is 1.93. The quantitative estimate of drug-likeness (QED) is 0.683. The molecule has 0 saturated carbocycles. The Balaban J connectivity index is 2.01. The van der Waals surface area contributed by atoms with Gasteiger partial charge in [0.15, 0.2) is 5.78 Å². The lowest BCUT2D eigenvalue weighted by atomic mass is 10.1. The van der Waals surface area contributed by atoms with E-state index in [-0.39, 0.29) is 11.9 Å². The minimum absolute atomic E-state index is 0.0727. The Morgan fingerprint density at radius 1 is 1.36 bits per heavy atom. The van der Waals surface area contributed by atoms with Crippen molar-refractivity contribution in [1.82, 2.24) is 0 Å². The van der Waals surface area contributed by atoms with E-state index >= 15 is 0 Å². The Morgan fingerprint density at radius 2 is 2.00 bits per heavy atom. The molecule has 0 amide bonds. The summed E-state index contributed by atoms with van der Waals surface area (Å²) < 4.78 is 10.5. The lowest BCUT2D eigenvalue weighted by Gasteiger charge is -2.26. The molecule has 1 saturated heterocycles. The van der Waals surface area contributed by atoms with Crippen molar-refractivity contribution in [1.29, 1.82) is 0 Å². The van der Waals surface area contributed by atoms with Crippen molar-refractivity contribution < 1.29 is 14.3 Å². The molecule has 1 aromatic carbocycles. The molecule has 3 nitrogen and oxygen atoms in total. The van der Waals surface area contributed by atoms with Crippen LogP contribution in [0.25, 0.3) is 0 Å². The van der Waals surface area contributed by atoms with Gasteiger partial charge in [-0.15, -0.1) is 0 Å². The van der Waals surface area contributed by atoms with E-state index in [1.807, 2.05) is 12.1 Å². The van der Waals surface area contributed by atoms with Crippen molar-refractivity contribution in [2.45, 2.75) is 13.0 Å². The van der Waals surface area contributed by atoms with E-state index in [1.54, 1.807) is 19.1 Å². The Morgan fingerprint density at radius 3 is 2.43 bits per heavy atom. The highest BCUT2D eigenvalue weighted by Gasteiger charge is 2.19. The maximum atomic E-state index is 11.0. The van der Waals surface area contributed by atoms with Gasteiger partial charge in [-0.1, -0.05) is 0 Å². The summed E-state index contributed by atoms with van der Waals surface area (Å²) in [4.78, 5) is 11.0. The fourth-order valence-corrected chi connectivity index (χ4v) is 1.24. The van der Waals surface area contributed by atoms with Crippen molar-refractivity contribution >= 4 is 5.78 Å². The molecule has 1 aliphatic heterocycles. The molecule has 0 bridgehead atoms. The van der Waals surface area contributed by atoms with Crippen molar-refractivity contribution in [3.8, 4) is 5.75 Å². The summed E-state index contributed by atoms with van der Waals surface area (Å²) in [5, 5.41) is 0. The van der Waals surface area contributed by atoms with Gasteiger partial charge >= 0.3 is 0 Å². The van der Waals surface area contributed by atoms with E-state index in [9.17, 15) is 4.79 Å². The number of ketones is 1. The minimum atomic E-state index is 0.0727. The molecule has 1 aromatic rings. The molecule has 0 radical (unpaired) electrons. The predicted molar refractivity (Wildman–Crippen MR) is 51.7 cm³/mol. The molecule has 0 N–H and O–H groups in total. The van der Waals surface area contributed by atoms with Crippen LogP contribution in [0.1, 0.15) is 17.3 Å². The number of ether oxygens (including phenoxy) is 2. The number of carbonyl (C=O) groups is 1. The van der Waals surface area contributed by atoms with Crippen molar-refractivity contribution in [3.63, 3.8) is 0 Å². The molecular weight excluding hydrogens is 180 g/mol. The van der Waals surface area contributed by atoms with Crippen LogP contribution in [0.4, 0.5) is 0 Å². The van der Waals surface area contributed by atoms with Crippen LogP contribution in [-0.2, 0) is 4.74 Å². The molecule has 74 valence electrons. The zero-order valence-electron chi connectivity index (χ0n) is 8.03. The molecule has 2 rings (SSSR count). The molecule has 0 aromatic heterocycles. The average molecular weight is 192 g/mol. The number of rotatable bonds is 3. The van der Waals surface area contributed by atoms with Crippen LogP contribution >= 0.6 is 0 Å². The fourth-order valence-electron chi connectivity index (χ4n) is 1.24. The van der Waals surface area contributed by atoms with Gasteiger partial charge in [-0.2, -0.15) is 0 Å². The Labute approximate surface area is 82.6 Å². The summed E-state index contributed by atoms with van der Waals surface area (Å²) >= 11 is 0. The summed E-state index contributed by atoms with van der Waals surface area (Å²) in [7, 11) is 0. The summed E-state index contributed by atoms with van der Waals surface area (Å²) in [6.45, 7) is 2.87. The summed E-state index contributed by atoms with van der Waals surface area (Å²) in [6.07, 6.45) is 0.179. The first-order valence-corrected chi connectivity index (χ1v) is 4.61. The van der Waals surface area contributed by atoms with Gasteiger partial charge in [0.05, 0.1) is 13.2 Å². The van der Waals surface area contributed by atoms with Gasteiger partial charge in [0.2, 0.25) is 0 Å². The van der Waals surface area contributed by atoms with Crippen molar-refractivity contribution in [2.75, 3.05) is 13.2 Å². The normalized spacial score (nSPS) is 16.1. The van der Waals surface area contributed by atoms with Gasteiger partial charge < -0.3 is 9.47 Å². The molecule has 1 fully saturated rings. The number of carbonyl (C=O) groups excluding carboxylic acids is 1. The topological polar surface area (TPSA) is 35.5 Å². The highest BCUT2D eigenvalue weighted by Crippen LogP contribution is 2.16. The van der Waals surface area contributed by atoms with Crippen LogP contribution in [0.3, 0.4) is 0 Å². The summed E-state index contributed by atoms with van der Waals surface area (Å²) in [5.41, 5.74) is 0.710. The maximum absolute atomic E-state index is 11.0. The molecule has 14 heavy (non-hydrogen) atoms. The smallest absolute Gasteiger partial charge is 0.159 e. The van der Waals surface area contributed by atoms with E-state index in [4.69, 9.17) is 9.47 Å². The van der Waals surface area contributed by atoms with E-state index < -0.39 is 0 Å². The third-order valence-electron chi connectivity index (χ3n) is 2.17. The van der Waals surface area contributed by atoms with E-state index in [0.717, 1.165) is 5.75 Å². The third-order valence-corrected chi connectivity index (χ3v) is 2.17. The van der Waals surface area contributed by atoms with E-state index in [2.05, 4.69) is 0 Å². The molecule has 0 unspecified atom stereocenters. The number of hydrogen-bond donors (Lipinski definition) is 0. The largest absolute Gasteiger partial charge is 0.486 e. The maximum Gasteiger partial charge on any atom is 0.159 e. The zero-order valence-corrected chi connectivity index (χ0v) is 8.03. The second kappa shape index (κ2) is 3.80. The Hall–Kier alpha value is -1.35. The fraction of sp³-hybridized carbons (Fsp3) is 0.364.